The predicted octanol–water partition coefficient (Wildman–Crippen LogP) is 2.03. The monoisotopic (exact) mass is 291 g/mol. The molecule has 6 nitrogen and oxygen atoms in total. The van der Waals surface area contributed by atoms with E-state index in [1.165, 1.54) is 25.1 Å². The van der Waals surface area contributed by atoms with E-state index in [2.05, 4.69) is 11.4 Å². The zero-order valence-electron chi connectivity index (χ0n) is 10.9. The van der Waals surface area contributed by atoms with Crippen LogP contribution in [0, 0.1) is 28.4 Å². The maximum atomic E-state index is 12.3. The smallest absolute Gasteiger partial charge is 0.273 e. The van der Waals surface area contributed by atoms with Crippen LogP contribution in [0.2, 0.25) is 0 Å². The van der Waals surface area contributed by atoms with Crippen LogP contribution < -0.4 is 5.32 Å². The van der Waals surface area contributed by atoms with Crippen LogP contribution in [0.15, 0.2) is 18.2 Å². The van der Waals surface area contributed by atoms with Crippen LogP contribution in [-0.2, 0) is 0 Å². The van der Waals surface area contributed by atoms with E-state index in [-0.39, 0.29) is 11.3 Å². The van der Waals surface area contributed by atoms with Crippen molar-refractivity contribution in [2.75, 3.05) is 11.5 Å². The number of carbonyl (C=O) groups is 1. The molecule has 0 saturated carbocycles. The molecule has 1 saturated heterocycles. The number of nitriles is 1. The zero-order chi connectivity index (χ0) is 14.8. The third-order valence-corrected chi connectivity index (χ3v) is 4.52. The van der Waals surface area contributed by atoms with Crippen molar-refractivity contribution in [1.82, 2.24) is 5.32 Å². The summed E-state index contributed by atoms with van der Waals surface area (Å²) >= 11 is 1.61. The topological polar surface area (TPSA) is 96.0 Å². The Bertz CT molecular complexity index is 603. The first kappa shape index (κ1) is 14.3. The van der Waals surface area contributed by atoms with Gasteiger partial charge in [-0.1, -0.05) is 6.07 Å². The summed E-state index contributed by atoms with van der Waals surface area (Å²) in [6.45, 7) is 1.54. The number of nitrogens with one attached hydrogen (secondary N) is 1. The second kappa shape index (κ2) is 5.51. The fourth-order valence-corrected chi connectivity index (χ4v) is 3.40. The molecule has 1 aliphatic rings. The minimum absolute atomic E-state index is 0.0931. The Labute approximate surface area is 120 Å². The van der Waals surface area contributed by atoms with E-state index in [0.29, 0.717) is 17.7 Å². The van der Waals surface area contributed by atoms with Crippen LogP contribution in [0.1, 0.15) is 22.3 Å². The van der Waals surface area contributed by atoms with Crippen molar-refractivity contribution < 1.29 is 9.72 Å². The molecule has 0 aliphatic carbocycles. The normalized spacial score (nSPS) is 21.2. The lowest BCUT2D eigenvalue weighted by Gasteiger charge is -2.21. The molecule has 0 radical (unpaired) electrons. The van der Waals surface area contributed by atoms with Crippen LogP contribution >= 0.6 is 11.8 Å². The van der Waals surface area contributed by atoms with Gasteiger partial charge < -0.3 is 5.32 Å². The van der Waals surface area contributed by atoms with Gasteiger partial charge in [0.2, 0.25) is 0 Å². The number of hydrogen-bond donors (Lipinski definition) is 1. The molecular weight excluding hydrogens is 278 g/mol. The molecule has 7 heteroatoms. The summed E-state index contributed by atoms with van der Waals surface area (Å²) in [5, 5.41) is 22.8. The molecule has 1 aromatic carbocycles. The van der Waals surface area contributed by atoms with Crippen molar-refractivity contribution in [2.24, 2.45) is 0 Å². The minimum Gasteiger partial charge on any atom is -0.333 e. The lowest BCUT2D eigenvalue weighted by atomic mass is 9.99. The second-order valence-corrected chi connectivity index (χ2v) is 5.76. The van der Waals surface area contributed by atoms with Gasteiger partial charge in [-0.25, -0.2) is 0 Å². The Morgan fingerprint density at radius 1 is 1.60 bits per heavy atom. The van der Waals surface area contributed by atoms with Gasteiger partial charge >= 0.3 is 0 Å². The Kier molecular flexibility index (Phi) is 3.95. The van der Waals surface area contributed by atoms with Gasteiger partial charge in [-0.3, -0.25) is 14.9 Å². The van der Waals surface area contributed by atoms with E-state index in [9.17, 15) is 20.2 Å². The number of hydrogen-bond acceptors (Lipinski definition) is 5. The Balaban J connectivity index is 2.28. The largest absolute Gasteiger partial charge is 0.333 e. The summed E-state index contributed by atoms with van der Waals surface area (Å²) in [5.74, 6) is 0.931. The standard InChI is InChI=1S/C13H13N3O3S/c1-9-10(3-2-4-11(9)16(18)19)12(17)15-13(7-14)5-6-20-8-13/h2-4H,5-6,8H2,1H3,(H,15,17). The van der Waals surface area contributed by atoms with Crippen LogP contribution in [0.3, 0.4) is 0 Å². The van der Waals surface area contributed by atoms with Crippen LogP contribution in [0.5, 0.6) is 0 Å². The summed E-state index contributed by atoms with van der Waals surface area (Å²) < 4.78 is 0. The second-order valence-electron chi connectivity index (χ2n) is 4.66. The van der Waals surface area contributed by atoms with E-state index >= 15 is 0 Å². The number of nitro benzene ring substituents is 1. The molecule has 1 N–H and O–H groups in total. The predicted molar refractivity (Wildman–Crippen MR) is 75.6 cm³/mol. The highest BCUT2D eigenvalue weighted by atomic mass is 32.2. The van der Waals surface area contributed by atoms with E-state index in [4.69, 9.17) is 0 Å². The highest BCUT2D eigenvalue weighted by molar-refractivity contribution is 7.99. The van der Waals surface area contributed by atoms with Gasteiger partial charge in [0.1, 0.15) is 5.54 Å². The molecule has 1 unspecified atom stereocenters. The first-order valence-electron chi connectivity index (χ1n) is 6.04. The highest BCUT2D eigenvalue weighted by Crippen LogP contribution is 2.28. The van der Waals surface area contributed by atoms with Gasteiger partial charge in [0.05, 0.1) is 11.0 Å². The molecule has 20 heavy (non-hydrogen) atoms. The fraction of sp³-hybridized carbons (Fsp3) is 0.385. The molecule has 2 rings (SSSR count). The Morgan fingerprint density at radius 3 is 2.90 bits per heavy atom. The van der Waals surface area contributed by atoms with E-state index in [0.717, 1.165) is 5.75 Å². The van der Waals surface area contributed by atoms with Crippen LogP contribution in [0.25, 0.3) is 0 Å². The van der Waals surface area contributed by atoms with Crippen LogP contribution in [-0.4, -0.2) is 27.9 Å². The van der Waals surface area contributed by atoms with Gasteiger partial charge in [0, 0.05) is 22.9 Å². The molecule has 1 fully saturated rings. The third kappa shape index (κ3) is 2.60. The average molecular weight is 291 g/mol. The number of nitro groups is 1. The number of thioether (sulfide) groups is 1. The number of amides is 1. The molecular formula is C13H13N3O3S. The van der Waals surface area contributed by atoms with Crippen molar-refractivity contribution >= 4 is 23.4 Å². The van der Waals surface area contributed by atoms with Crippen molar-refractivity contribution in [3.05, 3.63) is 39.4 Å². The van der Waals surface area contributed by atoms with Gasteiger partial charge in [-0.15, -0.1) is 0 Å². The summed E-state index contributed by atoms with van der Waals surface area (Å²) in [5.41, 5.74) is -0.400. The van der Waals surface area contributed by atoms with Gasteiger partial charge in [-0.2, -0.15) is 17.0 Å². The zero-order valence-corrected chi connectivity index (χ0v) is 11.7. The van der Waals surface area contributed by atoms with E-state index in [1.807, 2.05) is 0 Å². The number of nitrogens with zero attached hydrogens (tertiary/aromatic N) is 2. The molecule has 1 aromatic rings. The molecule has 0 spiro atoms. The van der Waals surface area contributed by atoms with Crippen molar-refractivity contribution in [2.45, 2.75) is 18.9 Å². The molecule has 1 heterocycles. The van der Waals surface area contributed by atoms with Crippen LogP contribution in [0.4, 0.5) is 5.69 Å². The number of rotatable bonds is 3. The van der Waals surface area contributed by atoms with E-state index in [1.54, 1.807) is 11.8 Å². The quantitative estimate of drug-likeness (QED) is 0.679. The van der Waals surface area contributed by atoms with Gasteiger partial charge in [-0.05, 0) is 25.2 Å². The third-order valence-electron chi connectivity index (χ3n) is 3.33. The maximum Gasteiger partial charge on any atom is 0.273 e. The Hall–Kier alpha value is -2.07. The molecule has 1 aliphatic heterocycles. The lowest BCUT2D eigenvalue weighted by molar-refractivity contribution is -0.385. The molecule has 1 amide bonds. The molecule has 0 aromatic heterocycles. The fourth-order valence-electron chi connectivity index (χ4n) is 2.13. The minimum atomic E-state index is -0.862. The van der Waals surface area contributed by atoms with Gasteiger partial charge in [0.25, 0.3) is 11.6 Å². The van der Waals surface area contributed by atoms with Crippen molar-refractivity contribution in [3.8, 4) is 6.07 Å². The number of benzene rings is 1. The molecule has 0 bridgehead atoms. The van der Waals surface area contributed by atoms with Crippen molar-refractivity contribution in [3.63, 3.8) is 0 Å². The average Bonchev–Trinajstić information content (AvgIpc) is 2.87. The lowest BCUT2D eigenvalue weighted by Crippen LogP contribution is -2.47. The Morgan fingerprint density at radius 2 is 2.35 bits per heavy atom. The summed E-state index contributed by atoms with van der Waals surface area (Å²) in [7, 11) is 0. The van der Waals surface area contributed by atoms with E-state index < -0.39 is 16.4 Å². The first-order valence-corrected chi connectivity index (χ1v) is 7.20. The SMILES string of the molecule is Cc1c(C(=O)NC2(C#N)CCSC2)cccc1[N+](=O)[O-]. The number of carbonyl (C=O) groups excluding carboxylic acids is 1. The first-order chi connectivity index (χ1) is 9.49. The molecule has 1 atom stereocenters. The summed E-state index contributed by atoms with van der Waals surface area (Å²) in [6, 6.07) is 6.51. The summed E-state index contributed by atoms with van der Waals surface area (Å²) in [4.78, 5) is 22.6. The summed E-state index contributed by atoms with van der Waals surface area (Å²) in [6.07, 6.45) is 0.591. The van der Waals surface area contributed by atoms with Crippen molar-refractivity contribution in [1.29, 1.82) is 5.26 Å². The van der Waals surface area contributed by atoms with Gasteiger partial charge in [0.15, 0.2) is 0 Å². The highest BCUT2D eigenvalue weighted by Gasteiger charge is 2.36. The molecule has 104 valence electrons. The maximum absolute atomic E-state index is 12.3.